The average Bonchev–Trinajstić information content (AvgIpc) is 3.26. The molecule has 0 aliphatic rings. The van der Waals surface area contributed by atoms with Gasteiger partial charge in [0.1, 0.15) is 58.4 Å². The van der Waals surface area contributed by atoms with Gasteiger partial charge < -0.3 is 5.11 Å². The van der Waals surface area contributed by atoms with Gasteiger partial charge in [0.25, 0.3) is 0 Å². The van der Waals surface area contributed by atoms with E-state index in [2.05, 4.69) is 22.9 Å². The van der Waals surface area contributed by atoms with Crippen molar-refractivity contribution in [3.63, 3.8) is 0 Å². The summed E-state index contributed by atoms with van der Waals surface area (Å²) >= 11 is 0. The number of pyridine rings is 1. The molecule has 0 aliphatic heterocycles. The molecule has 0 amide bonds. The summed E-state index contributed by atoms with van der Waals surface area (Å²) in [6.07, 6.45) is -5.16. The Kier molecular flexibility index (Phi) is 12.2. The lowest BCUT2D eigenvalue weighted by Crippen LogP contribution is -2.81. The van der Waals surface area contributed by atoms with Gasteiger partial charge >= 0.3 is 0 Å². The van der Waals surface area contributed by atoms with Gasteiger partial charge in [-0.1, -0.05) is 30.3 Å². The van der Waals surface area contributed by atoms with Crippen LogP contribution in [0.4, 0.5) is 87.8 Å². The predicted octanol–water partition coefficient (Wildman–Crippen LogP) is 8.73. The Bertz CT molecular complexity index is 2620. The number of aromatic nitrogens is 1. The molecular weight excluding hydrogens is 901 g/mol. The maximum atomic E-state index is 15.4. The minimum atomic E-state index is -7.22. The van der Waals surface area contributed by atoms with Crippen LogP contribution in [0.5, 0.6) is 5.75 Å². The topological polar surface area (TPSA) is 24.1 Å². The maximum Gasteiger partial charge on any atom is 0.213 e. The number of phenols is 1. The Morgan fingerprint density at radius 2 is 0.651 bits per heavy atom. The van der Waals surface area contributed by atoms with Crippen molar-refractivity contribution in [2.24, 2.45) is 0 Å². The lowest BCUT2D eigenvalue weighted by Gasteiger charge is -2.44. The fourth-order valence-corrected chi connectivity index (χ4v) is 7.06. The molecule has 7 aromatic rings. The van der Waals surface area contributed by atoms with Crippen molar-refractivity contribution in [3.8, 4) is 5.75 Å². The number of hydrogen-bond donors (Lipinski definition) is 1. The molecule has 1 heterocycles. The van der Waals surface area contributed by atoms with Gasteiger partial charge in [-0.05, 0) is 18.2 Å². The van der Waals surface area contributed by atoms with E-state index in [1.807, 2.05) is 36.4 Å². The minimum Gasteiger partial charge on any atom is -0.508 e. The smallest absolute Gasteiger partial charge is 0.213 e. The highest BCUT2D eigenvalue weighted by Crippen LogP contribution is 2.31. The van der Waals surface area contributed by atoms with Gasteiger partial charge in [0.15, 0.2) is 82.5 Å². The Morgan fingerprint density at radius 1 is 0.349 bits per heavy atom. The molecule has 0 fully saturated rings. The summed E-state index contributed by atoms with van der Waals surface area (Å²) in [6.45, 7) is 0.836. The standard InChI is InChI=1S/C24BF20.C16H13NO/c26-5-1(6(27)14(35)21(42)13(5)34)25(2-7(28)15(36)22(43)16(37)8(2)29,3-9(30)17(38)23(44)18(39)10(3)31)4-11(32)19(40)24(45)20(41)12(4)33;18-15-8-9-16-14(11-15)7-4-10-17(16)12-13-5-2-1-3-6-13/h;1-11H,12H2/q-1;/p+1. The van der Waals surface area contributed by atoms with Gasteiger partial charge in [-0.2, -0.15) is 4.57 Å². The van der Waals surface area contributed by atoms with Crippen molar-refractivity contribution in [1.29, 1.82) is 0 Å². The number of phenolic OH excluding ortho intramolecular Hbond substituents is 1. The summed E-state index contributed by atoms with van der Waals surface area (Å²) in [4.78, 5) is 0. The highest BCUT2D eigenvalue weighted by Gasteiger charge is 2.52. The molecule has 0 bridgehead atoms. The van der Waals surface area contributed by atoms with Crippen LogP contribution in [-0.4, -0.2) is 11.3 Å². The zero-order valence-corrected chi connectivity index (χ0v) is 30.1. The molecule has 0 atom stereocenters. The van der Waals surface area contributed by atoms with Crippen LogP contribution in [0.2, 0.25) is 0 Å². The normalized spacial score (nSPS) is 11.6. The Hall–Kier alpha value is -6.81. The van der Waals surface area contributed by atoms with E-state index >= 15 is 35.1 Å². The molecule has 0 unspecified atom stereocenters. The number of rotatable bonds is 6. The quantitative estimate of drug-likeness (QED) is 0.0584. The van der Waals surface area contributed by atoms with E-state index in [1.165, 1.54) is 5.56 Å². The van der Waals surface area contributed by atoms with Gasteiger partial charge in [-0.25, -0.2) is 87.8 Å². The molecule has 63 heavy (non-hydrogen) atoms. The fourth-order valence-electron chi connectivity index (χ4n) is 7.06. The first-order valence-corrected chi connectivity index (χ1v) is 16.9. The number of nitrogens with zero attached hydrogens (tertiary/aromatic N) is 1. The van der Waals surface area contributed by atoms with Crippen LogP contribution >= 0.6 is 0 Å². The van der Waals surface area contributed by atoms with Crippen LogP contribution < -0.4 is 26.4 Å². The summed E-state index contributed by atoms with van der Waals surface area (Å²) in [5, 5.41) is 10.6. The number of fused-ring (bicyclic) bond motifs is 1. The van der Waals surface area contributed by atoms with Crippen molar-refractivity contribution >= 4 is 38.9 Å². The minimum absolute atomic E-state index is 0.306. The first-order chi connectivity index (χ1) is 29.5. The Morgan fingerprint density at radius 3 is 0.968 bits per heavy atom. The van der Waals surface area contributed by atoms with Crippen molar-refractivity contribution in [3.05, 3.63) is 189 Å². The van der Waals surface area contributed by atoms with Gasteiger partial charge in [-0.15, -0.1) is 21.9 Å². The van der Waals surface area contributed by atoms with Crippen molar-refractivity contribution < 1.29 is 97.5 Å². The van der Waals surface area contributed by atoms with Crippen LogP contribution in [0, 0.1) is 116 Å². The molecule has 328 valence electrons. The summed E-state index contributed by atoms with van der Waals surface area (Å²) in [7, 11) is 0. The van der Waals surface area contributed by atoms with E-state index in [9.17, 15) is 57.8 Å². The summed E-state index contributed by atoms with van der Waals surface area (Å²) < 4.78 is 296. The third-order valence-corrected chi connectivity index (χ3v) is 9.77. The largest absolute Gasteiger partial charge is 0.508 e. The lowest BCUT2D eigenvalue weighted by molar-refractivity contribution is -0.662. The van der Waals surface area contributed by atoms with E-state index in [4.69, 9.17) is 0 Å². The molecule has 0 saturated heterocycles. The monoisotopic (exact) mass is 915 g/mol. The highest BCUT2D eigenvalue weighted by molar-refractivity contribution is 7.20. The summed E-state index contributed by atoms with van der Waals surface area (Å²) in [5.74, 6) is -71.1. The second-order valence-corrected chi connectivity index (χ2v) is 13.2. The van der Waals surface area contributed by atoms with Gasteiger partial charge in [0.2, 0.25) is 5.52 Å². The number of hydrogen-bond acceptors (Lipinski definition) is 1. The second-order valence-electron chi connectivity index (χ2n) is 13.2. The van der Waals surface area contributed by atoms with Gasteiger partial charge in [-0.3, -0.25) is 0 Å². The number of aromatic hydroxyl groups is 1. The zero-order chi connectivity index (χ0) is 46.7. The highest BCUT2D eigenvalue weighted by atomic mass is 19.2. The second kappa shape index (κ2) is 16.8. The molecule has 7 rings (SSSR count). The molecular formula is C40H14BF20NO. The molecule has 1 aromatic heterocycles. The Labute approximate surface area is 337 Å². The predicted molar refractivity (Wildman–Crippen MR) is 181 cm³/mol. The first-order valence-electron chi connectivity index (χ1n) is 16.9. The number of halogens is 20. The van der Waals surface area contributed by atoms with E-state index in [0.29, 0.717) is 5.75 Å². The van der Waals surface area contributed by atoms with E-state index < -0.39 is 144 Å². The van der Waals surface area contributed by atoms with Crippen LogP contribution in [0.25, 0.3) is 10.9 Å². The molecule has 2 nitrogen and oxygen atoms in total. The molecule has 0 aliphatic carbocycles. The van der Waals surface area contributed by atoms with Gasteiger partial charge in [0.05, 0.1) is 5.39 Å². The fraction of sp³-hybridized carbons (Fsp3) is 0.0250. The van der Waals surface area contributed by atoms with E-state index in [1.54, 1.807) is 12.1 Å². The molecule has 1 N–H and O–H groups in total. The summed E-state index contributed by atoms with van der Waals surface area (Å²) in [5.41, 5.74) is -11.9. The van der Waals surface area contributed by atoms with Crippen LogP contribution in [-0.2, 0) is 6.54 Å². The molecule has 23 heteroatoms. The third-order valence-electron chi connectivity index (χ3n) is 9.77. The van der Waals surface area contributed by atoms with Crippen LogP contribution in [0.3, 0.4) is 0 Å². The van der Waals surface area contributed by atoms with Crippen LogP contribution in [0.1, 0.15) is 5.56 Å². The molecule has 0 saturated carbocycles. The van der Waals surface area contributed by atoms with Gasteiger partial charge in [0, 0.05) is 17.7 Å². The SMILES string of the molecule is Fc1c(F)c(F)c([B-](c2c(F)c(F)c(F)c(F)c2F)(c2c(F)c(F)c(F)c(F)c2F)c2c(F)c(F)c(F)c(F)c2F)c(F)c1F.Oc1ccc2c(ccc[n+]2Cc2ccccc2)c1. The van der Waals surface area contributed by atoms with Crippen molar-refractivity contribution in [2.75, 3.05) is 0 Å². The van der Waals surface area contributed by atoms with E-state index in [0.717, 1.165) is 17.4 Å². The number of benzene rings is 6. The van der Waals surface area contributed by atoms with Crippen LogP contribution in [0.15, 0.2) is 66.9 Å². The zero-order valence-electron chi connectivity index (χ0n) is 30.1. The third kappa shape index (κ3) is 7.11. The molecule has 6 aromatic carbocycles. The molecule has 0 radical (unpaired) electrons. The van der Waals surface area contributed by atoms with Crippen molar-refractivity contribution in [2.45, 2.75) is 6.54 Å². The van der Waals surface area contributed by atoms with E-state index in [-0.39, 0.29) is 0 Å². The lowest BCUT2D eigenvalue weighted by atomic mass is 9.12. The maximum absolute atomic E-state index is 15.4. The first kappa shape index (κ1) is 45.7. The van der Waals surface area contributed by atoms with Crippen molar-refractivity contribution in [1.82, 2.24) is 0 Å². The summed E-state index contributed by atoms with van der Waals surface area (Å²) in [6, 6.07) is 19.8. The average molecular weight is 915 g/mol. The Balaban J connectivity index is 0.000000302. The molecule has 0 spiro atoms.